The largest absolute Gasteiger partial charge is 0.351 e. The molecule has 0 radical (unpaired) electrons. The number of hydrogen-bond acceptors (Lipinski definition) is 3. The van der Waals surface area contributed by atoms with Crippen molar-refractivity contribution in [2.45, 2.75) is 6.04 Å². The number of imide groups is 1. The van der Waals surface area contributed by atoms with Crippen molar-refractivity contribution in [3.63, 3.8) is 0 Å². The van der Waals surface area contributed by atoms with Crippen LogP contribution in [0.2, 0.25) is 5.02 Å². The zero-order valence-corrected chi connectivity index (χ0v) is 14.9. The van der Waals surface area contributed by atoms with Crippen LogP contribution in [0.4, 0.5) is 10.5 Å². The molecule has 0 aliphatic carbocycles. The Kier molecular flexibility index (Phi) is 6.71. The summed E-state index contributed by atoms with van der Waals surface area (Å²) in [5, 5.41) is 5.40. The SMILES string of the molecule is C[NH+](CC(=O)Nc1ccc(Cl)cc1)[C@H](C(=O)NC(N)=O)c1ccccc1. The molecule has 2 rings (SSSR count). The molecule has 2 aromatic rings. The molecule has 0 spiro atoms. The minimum atomic E-state index is -0.936. The molecule has 0 bridgehead atoms. The highest BCUT2D eigenvalue weighted by Gasteiger charge is 2.31. The van der Waals surface area contributed by atoms with E-state index in [1.165, 1.54) is 0 Å². The predicted octanol–water partition coefficient (Wildman–Crippen LogP) is 0.729. The molecule has 1 unspecified atom stereocenters. The molecule has 5 N–H and O–H groups in total. The van der Waals surface area contributed by atoms with Gasteiger partial charge in [0, 0.05) is 16.3 Å². The number of likely N-dealkylation sites (N-methyl/N-ethyl adjacent to an activating group) is 1. The van der Waals surface area contributed by atoms with Gasteiger partial charge in [0.25, 0.3) is 11.8 Å². The first-order valence-corrected chi connectivity index (χ1v) is 8.27. The number of rotatable bonds is 6. The summed E-state index contributed by atoms with van der Waals surface area (Å²) in [5.41, 5.74) is 6.33. The van der Waals surface area contributed by atoms with Crippen LogP contribution in [0.15, 0.2) is 54.6 Å². The highest BCUT2D eigenvalue weighted by Crippen LogP contribution is 2.13. The maximum atomic E-state index is 12.4. The average molecular weight is 376 g/mol. The lowest BCUT2D eigenvalue weighted by Crippen LogP contribution is -3.11. The lowest BCUT2D eigenvalue weighted by Gasteiger charge is -2.23. The van der Waals surface area contributed by atoms with Crippen LogP contribution in [0.3, 0.4) is 0 Å². The number of benzene rings is 2. The smallest absolute Gasteiger partial charge is 0.319 e. The summed E-state index contributed by atoms with van der Waals surface area (Å²) >= 11 is 5.82. The zero-order valence-electron chi connectivity index (χ0n) is 14.2. The lowest BCUT2D eigenvalue weighted by molar-refractivity contribution is -0.894. The van der Waals surface area contributed by atoms with Crippen LogP contribution in [0, 0.1) is 0 Å². The van der Waals surface area contributed by atoms with Crippen LogP contribution in [0.1, 0.15) is 11.6 Å². The van der Waals surface area contributed by atoms with Crippen LogP contribution in [0.5, 0.6) is 0 Å². The second-order valence-electron chi connectivity index (χ2n) is 5.78. The summed E-state index contributed by atoms with van der Waals surface area (Å²) in [6.45, 7) is 0.00830. The molecule has 7 nitrogen and oxygen atoms in total. The summed E-state index contributed by atoms with van der Waals surface area (Å²) in [6, 6.07) is 13.9. The Bertz CT molecular complexity index is 781. The van der Waals surface area contributed by atoms with E-state index in [2.05, 4.69) is 10.6 Å². The van der Waals surface area contributed by atoms with Gasteiger partial charge in [-0.2, -0.15) is 0 Å². The summed E-state index contributed by atoms with van der Waals surface area (Å²) in [4.78, 5) is 36.3. The number of nitrogens with two attached hydrogens (primary N) is 1. The van der Waals surface area contributed by atoms with Gasteiger partial charge in [-0.05, 0) is 24.3 Å². The molecule has 0 aromatic heterocycles. The molecule has 8 heteroatoms. The van der Waals surface area contributed by atoms with Crippen molar-refractivity contribution in [1.29, 1.82) is 0 Å². The van der Waals surface area contributed by atoms with Crippen LogP contribution in [-0.4, -0.2) is 31.4 Å². The third-order valence-corrected chi connectivity index (χ3v) is 3.95. The molecule has 2 atom stereocenters. The maximum Gasteiger partial charge on any atom is 0.319 e. The van der Waals surface area contributed by atoms with Crippen LogP contribution in [0.25, 0.3) is 0 Å². The first-order valence-electron chi connectivity index (χ1n) is 7.90. The second-order valence-corrected chi connectivity index (χ2v) is 6.21. The molecule has 26 heavy (non-hydrogen) atoms. The Balaban J connectivity index is 2.11. The van der Waals surface area contributed by atoms with E-state index >= 15 is 0 Å². The predicted molar refractivity (Wildman–Crippen MR) is 98.7 cm³/mol. The Labute approximate surface area is 156 Å². The number of hydrogen-bond donors (Lipinski definition) is 4. The van der Waals surface area contributed by atoms with Crippen molar-refractivity contribution in [2.75, 3.05) is 18.9 Å². The van der Waals surface area contributed by atoms with E-state index in [-0.39, 0.29) is 12.5 Å². The van der Waals surface area contributed by atoms with Crippen molar-refractivity contribution in [2.24, 2.45) is 5.73 Å². The number of amides is 4. The second kappa shape index (κ2) is 8.98. The molecule has 0 fully saturated rings. The molecule has 2 aromatic carbocycles. The normalized spacial score (nSPS) is 12.7. The molecule has 4 amide bonds. The first-order chi connectivity index (χ1) is 12.4. The molecule has 0 saturated carbocycles. The van der Waals surface area contributed by atoms with Gasteiger partial charge in [-0.1, -0.05) is 41.9 Å². The average Bonchev–Trinajstić information content (AvgIpc) is 2.57. The van der Waals surface area contributed by atoms with Gasteiger partial charge in [-0.25, -0.2) is 4.79 Å². The van der Waals surface area contributed by atoms with E-state index < -0.39 is 18.0 Å². The van der Waals surface area contributed by atoms with Gasteiger partial charge in [-0.3, -0.25) is 14.9 Å². The van der Waals surface area contributed by atoms with E-state index in [0.29, 0.717) is 21.2 Å². The Morgan fingerprint density at radius 2 is 1.69 bits per heavy atom. The van der Waals surface area contributed by atoms with Crippen molar-refractivity contribution < 1.29 is 19.3 Å². The molecular weight excluding hydrogens is 356 g/mol. The Morgan fingerprint density at radius 1 is 1.08 bits per heavy atom. The van der Waals surface area contributed by atoms with Gasteiger partial charge >= 0.3 is 6.03 Å². The molecule has 0 heterocycles. The standard InChI is InChI=1S/C18H19ClN4O3/c1-23(11-15(24)21-14-9-7-13(19)8-10-14)16(17(25)22-18(20)26)12-5-3-2-4-6-12/h2-10,16H,11H2,1H3,(H,21,24)(H3,20,22,25,26)/p+1/t16-/m0/s1. The molecule has 0 saturated heterocycles. The first kappa shape index (κ1) is 19.4. The monoisotopic (exact) mass is 375 g/mol. The van der Waals surface area contributed by atoms with Crippen molar-refractivity contribution >= 4 is 35.1 Å². The van der Waals surface area contributed by atoms with E-state index in [9.17, 15) is 14.4 Å². The summed E-state index contributed by atoms with van der Waals surface area (Å²) in [5.74, 6) is -0.849. The quantitative estimate of drug-likeness (QED) is 0.598. The summed E-state index contributed by atoms with van der Waals surface area (Å²) < 4.78 is 0. The van der Waals surface area contributed by atoms with Gasteiger partial charge in [0.1, 0.15) is 0 Å². The van der Waals surface area contributed by atoms with Gasteiger partial charge in [0.15, 0.2) is 12.6 Å². The number of quaternary nitrogens is 1. The van der Waals surface area contributed by atoms with Crippen LogP contribution < -0.4 is 21.3 Å². The third-order valence-electron chi connectivity index (χ3n) is 3.70. The number of primary amides is 1. The minimum Gasteiger partial charge on any atom is -0.351 e. The Morgan fingerprint density at radius 3 is 2.27 bits per heavy atom. The molecular formula is C18H20ClN4O3+. The zero-order chi connectivity index (χ0) is 19.1. The topological polar surface area (TPSA) is 106 Å². The van der Waals surface area contributed by atoms with Crippen molar-refractivity contribution in [3.8, 4) is 0 Å². The fourth-order valence-electron chi connectivity index (χ4n) is 2.59. The fraction of sp³-hybridized carbons (Fsp3) is 0.167. The van der Waals surface area contributed by atoms with Gasteiger partial charge in [0.2, 0.25) is 0 Å². The lowest BCUT2D eigenvalue weighted by atomic mass is 10.0. The van der Waals surface area contributed by atoms with E-state index in [1.807, 2.05) is 6.07 Å². The highest BCUT2D eigenvalue weighted by atomic mass is 35.5. The molecule has 136 valence electrons. The number of halogens is 1. The van der Waals surface area contributed by atoms with Crippen molar-refractivity contribution in [3.05, 3.63) is 65.2 Å². The van der Waals surface area contributed by atoms with E-state index in [4.69, 9.17) is 17.3 Å². The highest BCUT2D eigenvalue weighted by molar-refractivity contribution is 6.30. The van der Waals surface area contributed by atoms with E-state index in [1.54, 1.807) is 55.6 Å². The number of nitrogens with one attached hydrogen (secondary N) is 3. The summed E-state index contributed by atoms with van der Waals surface area (Å²) in [7, 11) is 1.69. The molecule has 0 aliphatic heterocycles. The number of carbonyl (C=O) groups is 3. The van der Waals surface area contributed by atoms with Gasteiger partial charge < -0.3 is 16.0 Å². The van der Waals surface area contributed by atoms with Gasteiger partial charge in [0.05, 0.1) is 7.05 Å². The minimum absolute atomic E-state index is 0.00830. The fourth-order valence-corrected chi connectivity index (χ4v) is 2.72. The van der Waals surface area contributed by atoms with Gasteiger partial charge in [-0.15, -0.1) is 0 Å². The van der Waals surface area contributed by atoms with Crippen molar-refractivity contribution in [1.82, 2.24) is 5.32 Å². The third kappa shape index (κ3) is 5.58. The number of urea groups is 1. The number of carbonyl (C=O) groups excluding carboxylic acids is 3. The maximum absolute atomic E-state index is 12.4. The number of anilines is 1. The summed E-state index contributed by atoms with van der Waals surface area (Å²) in [6.07, 6.45) is 0. The van der Waals surface area contributed by atoms with Crippen LogP contribution >= 0.6 is 11.6 Å². The van der Waals surface area contributed by atoms with E-state index in [0.717, 1.165) is 0 Å². The van der Waals surface area contributed by atoms with Crippen LogP contribution in [-0.2, 0) is 9.59 Å². The molecule has 0 aliphatic rings. The Hall–Kier alpha value is -2.90.